The van der Waals surface area contributed by atoms with Gasteiger partial charge in [-0.15, -0.1) is 5.10 Å². The minimum atomic E-state index is -0.971. The van der Waals surface area contributed by atoms with Crippen molar-refractivity contribution in [2.75, 3.05) is 7.11 Å². The van der Waals surface area contributed by atoms with Gasteiger partial charge in [0.25, 0.3) is 11.6 Å². The molecule has 8 heteroatoms. The second-order valence-electron chi connectivity index (χ2n) is 5.37. The van der Waals surface area contributed by atoms with E-state index in [1.54, 1.807) is 43.6 Å². The summed E-state index contributed by atoms with van der Waals surface area (Å²) in [4.78, 5) is 32.6. The summed E-state index contributed by atoms with van der Waals surface area (Å²) >= 11 is 0. The van der Waals surface area contributed by atoms with Crippen molar-refractivity contribution in [2.24, 2.45) is 0 Å². The maximum Gasteiger partial charge on any atom is 0.379 e. The molecule has 3 rings (SSSR count). The molecule has 0 radical (unpaired) electrons. The van der Waals surface area contributed by atoms with Crippen molar-refractivity contribution in [3.63, 3.8) is 0 Å². The summed E-state index contributed by atoms with van der Waals surface area (Å²) in [6, 6.07) is 8.30. The standard InChI is InChI=1S/C17H16N4O4/c1-10-8-9-18-17-19-15(20-21(10)17)16(23)25-11(2)14(22)12-4-6-13(24-3)7-5-12/h4-9,11H,1-3H3/t11-/m1/s1. The largest absolute Gasteiger partial charge is 0.497 e. The number of aromatic nitrogens is 4. The van der Waals surface area contributed by atoms with Crippen molar-refractivity contribution in [3.05, 3.63) is 53.6 Å². The van der Waals surface area contributed by atoms with Gasteiger partial charge in [0.15, 0.2) is 6.10 Å². The zero-order valence-electron chi connectivity index (χ0n) is 14.0. The van der Waals surface area contributed by atoms with Crippen LogP contribution in [0.25, 0.3) is 5.78 Å². The Hall–Kier alpha value is -3.29. The molecule has 3 aromatic rings. The maximum atomic E-state index is 12.4. The highest BCUT2D eigenvalue weighted by Crippen LogP contribution is 2.14. The Bertz CT molecular complexity index is 933. The first-order valence-corrected chi connectivity index (χ1v) is 7.57. The van der Waals surface area contributed by atoms with E-state index in [2.05, 4.69) is 15.1 Å². The number of esters is 1. The molecule has 0 saturated heterocycles. The van der Waals surface area contributed by atoms with Crippen molar-refractivity contribution in [2.45, 2.75) is 20.0 Å². The third kappa shape index (κ3) is 3.32. The van der Waals surface area contributed by atoms with Gasteiger partial charge in [-0.05, 0) is 44.2 Å². The van der Waals surface area contributed by atoms with E-state index in [9.17, 15) is 9.59 Å². The molecule has 0 spiro atoms. The number of rotatable bonds is 5. The molecular weight excluding hydrogens is 324 g/mol. The average molecular weight is 340 g/mol. The lowest BCUT2D eigenvalue weighted by molar-refractivity contribution is 0.0307. The number of hydrogen-bond donors (Lipinski definition) is 0. The quantitative estimate of drug-likeness (QED) is 0.517. The monoisotopic (exact) mass is 340 g/mol. The third-order valence-corrected chi connectivity index (χ3v) is 3.64. The number of hydrogen-bond acceptors (Lipinski definition) is 7. The summed E-state index contributed by atoms with van der Waals surface area (Å²) < 4.78 is 11.7. The smallest absolute Gasteiger partial charge is 0.379 e. The normalized spacial score (nSPS) is 12.0. The second kappa shape index (κ2) is 6.68. The fraction of sp³-hybridized carbons (Fsp3) is 0.235. The lowest BCUT2D eigenvalue weighted by atomic mass is 10.1. The number of Topliss-reactive ketones (excluding diaryl/α,β-unsaturated/α-hetero) is 1. The molecule has 1 aromatic carbocycles. The van der Waals surface area contributed by atoms with Crippen molar-refractivity contribution >= 4 is 17.5 Å². The Labute approximate surface area is 143 Å². The molecule has 0 aliphatic rings. The van der Waals surface area contributed by atoms with Crippen LogP contribution in [0.2, 0.25) is 0 Å². The molecule has 2 aromatic heterocycles. The van der Waals surface area contributed by atoms with Gasteiger partial charge in [-0.25, -0.2) is 14.3 Å². The molecule has 1 atom stereocenters. The summed E-state index contributed by atoms with van der Waals surface area (Å²) in [7, 11) is 1.54. The van der Waals surface area contributed by atoms with Gasteiger partial charge in [-0.2, -0.15) is 4.98 Å². The number of fused-ring (bicyclic) bond motifs is 1. The van der Waals surface area contributed by atoms with E-state index in [-0.39, 0.29) is 11.6 Å². The SMILES string of the molecule is COc1ccc(C(=O)[C@@H](C)OC(=O)c2nc3nccc(C)n3n2)cc1. The topological polar surface area (TPSA) is 95.7 Å². The fourth-order valence-corrected chi connectivity index (χ4v) is 2.25. The molecule has 128 valence electrons. The van der Waals surface area contributed by atoms with E-state index in [0.29, 0.717) is 17.1 Å². The number of methoxy groups -OCH3 is 1. The maximum absolute atomic E-state index is 12.4. The van der Waals surface area contributed by atoms with E-state index in [0.717, 1.165) is 5.69 Å². The number of carbonyl (C=O) groups excluding carboxylic acids is 2. The van der Waals surface area contributed by atoms with Crippen LogP contribution in [0.5, 0.6) is 5.75 Å². The Morgan fingerprint density at radius 3 is 2.52 bits per heavy atom. The van der Waals surface area contributed by atoms with Gasteiger partial charge < -0.3 is 9.47 Å². The van der Waals surface area contributed by atoms with Crippen LogP contribution >= 0.6 is 0 Å². The molecule has 0 fully saturated rings. The molecule has 0 aliphatic carbocycles. The minimum Gasteiger partial charge on any atom is -0.497 e. The predicted molar refractivity (Wildman–Crippen MR) is 87.7 cm³/mol. The molecule has 8 nitrogen and oxygen atoms in total. The van der Waals surface area contributed by atoms with E-state index in [1.807, 2.05) is 6.92 Å². The van der Waals surface area contributed by atoms with Gasteiger partial charge in [0.2, 0.25) is 5.78 Å². The molecule has 0 bridgehead atoms. The second-order valence-corrected chi connectivity index (χ2v) is 5.37. The van der Waals surface area contributed by atoms with E-state index < -0.39 is 12.1 Å². The zero-order chi connectivity index (χ0) is 18.0. The van der Waals surface area contributed by atoms with Crippen LogP contribution < -0.4 is 4.74 Å². The van der Waals surface area contributed by atoms with Crippen LogP contribution in [0.3, 0.4) is 0 Å². The van der Waals surface area contributed by atoms with Crippen molar-refractivity contribution in [3.8, 4) is 5.75 Å². The molecule has 25 heavy (non-hydrogen) atoms. The first-order chi connectivity index (χ1) is 12.0. The van der Waals surface area contributed by atoms with Gasteiger partial charge in [-0.3, -0.25) is 4.79 Å². The van der Waals surface area contributed by atoms with Crippen LogP contribution in [0.15, 0.2) is 36.5 Å². The van der Waals surface area contributed by atoms with Gasteiger partial charge in [0, 0.05) is 17.5 Å². The Morgan fingerprint density at radius 2 is 1.88 bits per heavy atom. The lowest BCUT2D eigenvalue weighted by Crippen LogP contribution is -2.25. The van der Waals surface area contributed by atoms with E-state index in [4.69, 9.17) is 9.47 Å². The highest BCUT2D eigenvalue weighted by Gasteiger charge is 2.23. The highest BCUT2D eigenvalue weighted by atomic mass is 16.5. The summed E-state index contributed by atoms with van der Waals surface area (Å²) in [5.74, 6) is -0.316. The van der Waals surface area contributed by atoms with Crippen molar-refractivity contribution in [1.82, 2.24) is 19.6 Å². The van der Waals surface area contributed by atoms with Crippen LogP contribution in [-0.2, 0) is 4.74 Å². The van der Waals surface area contributed by atoms with Gasteiger partial charge in [-0.1, -0.05) is 0 Å². The Kier molecular flexibility index (Phi) is 4.42. The summed E-state index contributed by atoms with van der Waals surface area (Å²) in [5, 5.41) is 4.06. The molecule has 2 heterocycles. The number of ether oxygens (including phenoxy) is 2. The number of nitrogens with zero attached hydrogens (tertiary/aromatic N) is 4. The predicted octanol–water partition coefficient (Wildman–Crippen LogP) is 1.87. The molecule has 0 aliphatic heterocycles. The van der Waals surface area contributed by atoms with Crippen LogP contribution in [0, 0.1) is 6.92 Å². The molecular formula is C17H16N4O4. The van der Waals surface area contributed by atoms with Crippen LogP contribution in [0.4, 0.5) is 0 Å². The molecule has 0 saturated carbocycles. The Morgan fingerprint density at radius 1 is 1.16 bits per heavy atom. The third-order valence-electron chi connectivity index (χ3n) is 3.64. The fourth-order valence-electron chi connectivity index (χ4n) is 2.25. The minimum absolute atomic E-state index is 0.142. The van der Waals surface area contributed by atoms with Gasteiger partial charge in [0.1, 0.15) is 5.75 Å². The first kappa shape index (κ1) is 16.6. The van der Waals surface area contributed by atoms with Crippen molar-refractivity contribution < 1.29 is 19.1 Å². The van der Waals surface area contributed by atoms with Gasteiger partial charge in [0.05, 0.1) is 7.11 Å². The Balaban J connectivity index is 1.74. The highest BCUT2D eigenvalue weighted by molar-refractivity contribution is 6.01. The molecule has 0 N–H and O–H groups in total. The summed E-state index contributed by atoms with van der Waals surface area (Å²) in [6.45, 7) is 3.32. The lowest BCUT2D eigenvalue weighted by Gasteiger charge is -2.11. The number of carbonyl (C=O) groups is 2. The summed E-state index contributed by atoms with van der Waals surface area (Å²) in [6.07, 6.45) is 0.603. The molecule has 0 amide bonds. The molecule has 0 unspecified atom stereocenters. The van der Waals surface area contributed by atoms with E-state index in [1.165, 1.54) is 11.4 Å². The first-order valence-electron chi connectivity index (χ1n) is 7.57. The summed E-state index contributed by atoms with van der Waals surface area (Å²) in [5.41, 5.74) is 1.19. The number of benzene rings is 1. The number of aryl methyl sites for hydroxylation is 1. The number of ketones is 1. The van der Waals surface area contributed by atoms with Crippen LogP contribution in [0.1, 0.15) is 33.6 Å². The van der Waals surface area contributed by atoms with Gasteiger partial charge >= 0.3 is 5.97 Å². The zero-order valence-corrected chi connectivity index (χ0v) is 14.0. The van der Waals surface area contributed by atoms with Crippen LogP contribution in [-0.4, -0.2) is 44.5 Å². The van der Waals surface area contributed by atoms with E-state index >= 15 is 0 Å². The average Bonchev–Trinajstić information content (AvgIpc) is 3.07. The van der Waals surface area contributed by atoms with Crippen molar-refractivity contribution in [1.29, 1.82) is 0 Å².